The molecule has 0 heterocycles. The van der Waals surface area contributed by atoms with Crippen LogP contribution < -0.4 is 5.73 Å². The summed E-state index contributed by atoms with van der Waals surface area (Å²) >= 11 is 0. The highest BCUT2D eigenvalue weighted by molar-refractivity contribution is 4.93. The quantitative estimate of drug-likeness (QED) is 0.633. The van der Waals surface area contributed by atoms with Crippen molar-refractivity contribution >= 4 is 0 Å². The second-order valence-electron chi connectivity index (χ2n) is 7.41. The predicted octanol–water partition coefficient (Wildman–Crippen LogP) is 3.05. The lowest BCUT2D eigenvalue weighted by Gasteiger charge is -2.46. The molecule has 3 nitrogen and oxygen atoms in total. The van der Waals surface area contributed by atoms with Crippen LogP contribution in [0.1, 0.15) is 53.9 Å². The van der Waals surface area contributed by atoms with E-state index in [0.717, 1.165) is 26.2 Å². The van der Waals surface area contributed by atoms with E-state index in [2.05, 4.69) is 58.5 Å². The van der Waals surface area contributed by atoms with Gasteiger partial charge in [0.2, 0.25) is 0 Å². The molecule has 0 aromatic carbocycles. The van der Waals surface area contributed by atoms with E-state index in [-0.39, 0.29) is 5.54 Å². The first-order valence-corrected chi connectivity index (χ1v) is 8.37. The van der Waals surface area contributed by atoms with Crippen molar-refractivity contribution in [1.29, 1.82) is 0 Å². The van der Waals surface area contributed by atoms with Crippen molar-refractivity contribution in [3.8, 4) is 0 Å². The maximum absolute atomic E-state index is 6.29. The predicted molar refractivity (Wildman–Crippen MR) is 91.1 cm³/mol. The van der Waals surface area contributed by atoms with Gasteiger partial charge in [0, 0.05) is 25.2 Å². The topological polar surface area (TPSA) is 32.5 Å². The van der Waals surface area contributed by atoms with Crippen LogP contribution in [0.3, 0.4) is 0 Å². The van der Waals surface area contributed by atoms with Gasteiger partial charge in [0.25, 0.3) is 0 Å². The summed E-state index contributed by atoms with van der Waals surface area (Å²) in [7, 11) is 4.30. The zero-order chi connectivity index (χ0) is 15.8. The molecule has 0 saturated heterocycles. The van der Waals surface area contributed by atoms with Gasteiger partial charge >= 0.3 is 0 Å². The summed E-state index contributed by atoms with van der Waals surface area (Å²) in [5, 5.41) is 0. The van der Waals surface area contributed by atoms with E-state index >= 15 is 0 Å². The number of nitrogens with two attached hydrogens (primary N) is 1. The average Bonchev–Trinajstić information content (AvgIpc) is 2.31. The number of rotatable bonds is 11. The van der Waals surface area contributed by atoms with E-state index in [0.29, 0.717) is 11.8 Å². The largest absolute Gasteiger partial charge is 0.329 e. The smallest absolute Gasteiger partial charge is 0.0337 e. The maximum Gasteiger partial charge on any atom is 0.0337 e. The van der Waals surface area contributed by atoms with Crippen LogP contribution in [0.25, 0.3) is 0 Å². The molecule has 0 aliphatic rings. The normalized spacial score (nSPS) is 13.2. The molecular formula is C17H39N3. The Morgan fingerprint density at radius 1 is 0.900 bits per heavy atom. The Bertz CT molecular complexity index is 226. The summed E-state index contributed by atoms with van der Waals surface area (Å²) in [5.41, 5.74) is 6.46. The SMILES string of the molecule is CCCN(CCN(C)C)C(CN)(CC(C)C)CC(C)C. The molecule has 3 heteroatoms. The monoisotopic (exact) mass is 285 g/mol. The van der Waals surface area contributed by atoms with Gasteiger partial charge in [-0.3, -0.25) is 4.90 Å². The summed E-state index contributed by atoms with van der Waals surface area (Å²) in [4.78, 5) is 4.95. The molecule has 0 saturated carbocycles. The van der Waals surface area contributed by atoms with Crippen LogP contribution in [0.2, 0.25) is 0 Å². The molecule has 0 radical (unpaired) electrons. The summed E-state index contributed by atoms with van der Waals surface area (Å²) in [6.07, 6.45) is 3.61. The third kappa shape index (κ3) is 7.05. The lowest BCUT2D eigenvalue weighted by atomic mass is 9.80. The van der Waals surface area contributed by atoms with Crippen molar-refractivity contribution in [2.24, 2.45) is 17.6 Å². The molecule has 122 valence electrons. The van der Waals surface area contributed by atoms with Gasteiger partial charge in [-0.05, 0) is 51.7 Å². The van der Waals surface area contributed by atoms with Gasteiger partial charge in [0.05, 0.1) is 0 Å². The molecule has 0 aliphatic carbocycles. The van der Waals surface area contributed by atoms with Crippen LogP contribution in [-0.2, 0) is 0 Å². The van der Waals surface area contributed by atoms with Crippen LogP contribution in [-0.4, -0.2) is 55.6 Å². The minimum absolute atomic E-state index is 0.175. The second-order valence-corrected chi connectivity index (χ2v) is 7.41. The highest BCUT2D eigenvalue weighted by Crippen LogP contribution is 2.30. The van der Waals surface area contributed by atoms with Gasteiger partial charge in [-0.2, -0.15) is 0 Å². The Hall–Kier alpha value is -0.120. The third-order valence-electron chi connectivity index (χ3n) is 3.94. The molecule has 0 atom stereocenters. The zero-order valence-corrected chi connectivity index (χ0v) is 15.1. The Morgan fingerprint density at radius 3 is 1.70 bits per heavy atom. The minimum atomic E-state index is 0.175. The van der Waals surface area contributed by atoms with E-state index in [1.54, 1.807) is 0 Å². The first-order chi connectivity index (χ1) is 9.27. The second kappa shape index (κ2) is 9.75. The number of hydrogen-bond donors (Lipinski definition) is 1. The Balaban J connectivity index is 5.13. The Kier molecular flexibility index (Phi) is 9.69. The molecule has 0 amide bonds. The average molecular weight is 286 g/mol. The van der Waals surface area contributed by atoms with Crippen LogP contribution >= 0.6 is 0 Å². The molecule has 0 rings (SSSR count). The van der Waals surface area contributed by atoms with Gasteiger partial charge in [-0.25, -0.2) is 0 Å². The lowest BCUT2D eigenvalue weighted by Crippen LogP contribution is -2.57. The molecule has 20 heavy (non-hydrogen) atoms. The summed E-state index contributed by atoms with van der Waals surface area (Å²) in [6.45, 7) is 15.7. The Labute approximate surface area is 127 Å². The highest BCUT2D eigenvalue weighted by Gasteiger charge is 2.36. The van der Waals surface area contributed by atoms with E-state index < -0.39 is 0 Å². The van der Waals surface area contributed by atoms with Gasteiger partial charge in [0.1, 0.15) is 0 Å². The van der Waals surface area contributed by atoms with Gasteiger partial charge in [-0.1, -0.05) is 34.6 Å². The van der Waals surface area contributed by atoms with Gasteiger partial charge < -0.3 is 10.6 Å². The van der Waals surface area contributed by atoms with Gasteiger partial charge in [-0.15, -0.1) is 0 Å². The van der Waals surface area contributed by atoms with Crippen molar-refractivity contribution < 1.29 is 0 Å². The summed E-state index contributed by atoms with van der Waals surface area (Å²) < 4.78 is 0. The van der Waals surface area contributed by atoms with E-state index in [4.69, 9.17) is 5.73 Å². The molecule has 0 spiro atoms. The fourth-order valence-electron chi connectivity index (χ4n) is 3.33. The number of nitrogens with zero attached hydrogens (tertiary/aromatic N) is 2. The van der Waals surface area contributed by atoms with Crippen LogP contribution in [0.4, 0.5) is 0 Å². The molecule has 2 N–H and O–H groups in total. The minimum Gasteiger partial charge on any atom is -0.329 e. The molecule has 0 aromatic rings. The number of likely N-dealkylation sites (N-methyl/N-ethyl adjacent to an activating group) is 1. The molecule has 0 aromatic heterocycles. The van der Waals surface area contributed by atoms with Gasteiger partial charge in [0.15, 0.2) is 0 Å². The molecule has 0 bridgehead atoms. The van der Waals surface area contributed by atoms with Crippen molar-refractivity contribution in [2.45, 2.75) is 59.4 Å². The third-order valence-corrected chi connectivity index (χ3v) is 3.94. The van der Waals surface area contributed by atoms with E-state index in [1.807, 2.05) is 0 Å². The maximum atomic E-state index is 6.29. The standard InChI is InChI=1S/C17H39N3/c1-8-9-20(11-10-19(6)7)17(14-18,12-15(2)3)13-16(4)5/h15-16H,8-14,18H2,1-7H3. The van der Waals surface area contributed by atoms with E-state index in [1.165, 1.54) is 19.3 Å². The Morgan fingerprint density at radius 2 is 1.40 bits per heavy atom. The van der Waals surface area contributed by atoms with Crippen LogP contribution in [0.5, 0.6) is 0 Å². The van der Waals surface area contributed by atoms with Crippen molar-refractivity contribution in [3.05, 3.63) is 0 Å². The van der Waals surface area contributed by atoms with Crippen molar-refractivity contribution in [1.82, 2.24) is 9.80 Å². The molecule has 0 unspecified atom stereocenters. The first-order valence-electron chi connectivity index (χ1n) is 8.37. The molecular weight excluding hydrogens is 246 g/mol. The van der Waals surface area contributed by atoms with Crippen LogP contribution in [0.15, 0.2) is 0 Å². The first kappa shape index (κ1) is 19.9. The van der Waals surface area contributed by atoms with Crippen molar-refractivity contribution in [2.75, 3.05) is 40.3 Å². The highest BCUT2D eigenvalue weighted by atomic mass is 15.2. The summed E-state index contributed by atoms with van der Waals surface area (Å²) in [6, 6.07) is 0. The van der Waals surface area contributed by atoms with E-state index in [9.17, 15) is 0 Å². The number of hydrogen-bond acceptors (Lipinski definition) is 3. The zero-order valence-electron chi connectivity index (χ0n) is 15.1. The molecule has 0 fully saturated rings. The fraction of sp³-hybridized carbons (Fsp3) is 1.00. The molecule has 0 aliphatic heterocycles. The lowest BCUT2D eigenvalue weighted by molar-refractivity contribution is 0.0475. The van der Waals surface area contributed by atoms with Crippen LogP contribution in [0, 0.1) is 11.8 Å². The van der Waals surface area contributed by atoms with Crippen molar-refractivity contribution in [3.63, 3.8) is 0 Å². The summed E-state index contributed by atoms with van der Waals surface area (Å²) in [5.74, 6) is 1.38. The fourth-order valence-corrected chi connectivity index (χ4v) is 3.33.